The van der Waals surface area contributed by atoms with Crippen molar-refractivity contribution in [2.24, 2.45) is 5.92 Å². The zero-order chi connectivity index (χ0) is 13.7. The molecule has 2 nitrogen and oxygen atoms in total. The third kappa shape index (κ3) is 3.80. The lowest BCUT2D eigenvalue weighted by Crippen LogP contribution is -2.26. The van der Waals surface area contributed by atoms with Crippen molar-refractivity contribution >= 4 is 17.9 Å². The van der Waals surface area contributed by atoms with E-state index in [4.69, 9.17) is 16.3 Å². The second-order valence-corrected chi connectivity index (χ2v) is 5.78. The monoisotopic (exact) mass is 280 g/mol. The molecule has 0 saturated heterocycles. The minimum atomic E-state index is 0.299. The summed E-state index contributed by atoms with van der Waals surface area (Å²) in [5, 5.41) is 0.743. The maximum Gasteiger partial charge on any atom is 0.120 e. The van der Waals surface area contributed by atoms with Crippen LogP contribution in [0.25, 0.3) is 0 Å². The molecule has 2 rings (SSSR count). The molecule has 1 aliphatic carbocycles. The van der Waals surface area contributed by atoms with Crippen LogP contribution in [0.2, 0.25) is 5.02 Å². The number of ether oxygens (including phenoxy) is 1. The van der Waals surface area contributed by atoms with Gasteiger partial charge in [0.15, 0.2) is 0 Å². The van der Waals surface area contributed by atoms with E-state index in [9.17, 15) is 4.79 Å². The summed E-state index contributed by atoms with van der Waals surface area (Å²) in [6.45, 7) is 0. The van der Waals surface area contributed by atoms with Gasteiger partial charge >= 0.3 is 0 Å². The molecule has 1 saturated carbocycles. The lowest BCUT2D eigenvalue weighted by Gasteiger charge is -2.33. The van der Waals surface area contributed by atoms with Gasteiger partial charge in [-0.2, -0.15) is 0 Å². The fourth-order valence-electron chi connectivity index (χ4n) is 3.17. The Labute approximate surface area is 120 Å². The van der Waals surface area contributed by atoms with Crippen LogP contribution in [0.1, 0.15) is 43.6 Å². The Morgan fingerprint density at radius 1 is 1.37 bits per heavy atom. The van der Waals surface area contributed by atoms with Crippen LogP contribution in [-0.4, -0.2) is 19.5 Å². The van der Waals surface area contributed by atoms with Gasteiger partial charge in [-0.05, 0) is 48.8 Å². The normalized spacial score (nSPS) is 24.9. The van der Waals surface area contributed by atoms with Gasteiger partial charge in [-0.25, -0.2) is 0 Å². The average molecular weight is 281 g/mol. The van der Waals surface area contributed by atoms with Crippen molar-refractivity contribution in [1.82, 2.24) is 0 Å². The van der Waals surface area contributed by atoms with Gasteiger partial charge in [-0.1, -0.05) is 30.2 Å². The Bertz CT molecular complexity index is 402. The number of rotatable bonds is 5. The molecule has 0 N–H and O–H groups in total. The SMILES string of the molecule is COC1CCCC(C(CC=O)c2ccc(Cl)cc2)C1. The molecule has 3 heteroatoms. The highest BCUT2D eigenvalue weighted by molar-refractivity contribution is 6.30. The molecule has 0 heterocycles. The molecule has 104 valence electrons. The van der Waals surface area contributed by atoms with E-state index in [2.05, 4.69) is 0 Å². The summed E-state index contributed by atoms with van der Waals surface area (Å²) in [5.74, 6) is 0.831. The number of aldehydes is 1. The summed E-state index contributed by atoms with van der Waals surface area (Å²) < 4.78 is 5.50. The smallest absolute Gasteiger partial charge is 0.120 e. The van der Waals surface area contributed by atoms with Crippen molar-refractivity contribution in [3.8, 4) is 0 Å². The van der Waals surface area contributed by atoms with Crippen molar-refractivity contribution < 1.29 is 9.53 Å². The van der Waals surface area contributed by atoms with E-state index in [0.29, 0.717) is 24.4 Å². The van der Waals surface area contributed by atoms with Gasteiger partial charge in [-0.15, -0.1) is 0 Å². The fourth-order valence-corrected chi connectivity index (χ4v) is 3.30. The quantitative estimate of drug-likeness (QED) is 0.755. The topological polar surface area (TPSA) is 26.3 Å². The molecule has 1 aromatic rings. The highest BCUT2D eigenvalue weighted by Gasteiger charge is 2.29. The first kappa shape index (κ1) is 14.5. The molecule has 19 heavy (non-hydrogen) atoms. The molecule has 3 unspecified atom stereocenters. The Morgan fingerprint density at radius 3 is 2.74 bits per heavy atom. The van der Waals surface area contributed by atoms with Crippen molar-refractivity contribution in [1.29, 1.82) is 0 Å². The largest absolute Gasteiger partial charge is 0.381 e. The predicted octanol–water partition coefficient (Wildman–Crippen LogP) is 4.22. The van der Waals surface area contributed by atoms with Gasteiger partial charge in [0.2, 0.25) is 0 Å². The summed E-state index contributed by atoms with van der Waals surface area (Å²) in [4.78, 5) is 11.0. The van der Waals surface area contributed by atoms with Gasteiger partial charge in [0, 0.05) is 18.6 Å². The Balaban J connectivity index is 2.14. The number of carbonyl (C=O) groups excluding carboxylic acids is 1. The second-order valence-electron chi connectivity index (χ2n) is 5.34. The third-order valence-electron chi connectivity index (χ3n) is 4.22. The summed E-state index contributed by atoms with van der Waals surface area (Å²) in [5.41, 5.74) is 1.22. The third-order valence-corrected chi connectivity index (χ3v) is 4.47. The molecule has 1 aliphatic rings. The van der Waals surface area contributed by atoms with Crippen LogP contribution in [0.15, 0.2) is 24.3 Å². The first-order valence-corrected chi connectivity index (χ1v) is 7.34. The lowest BCUT2D eigenvalue weighted by atomic mass is 9.74. The minimum Gasteiger partial charge on any atom is -0.381 e. The number of methoxy groups -OCH3 is 1. The van der Waals surface area contributed by atoms with E-state index in [-0.39, 0.29) is 0 Å². The molecule has 3 atom stereocenters. The van der Waals surface area contributed by atoms with E-state index in [0.717, 1.165) is 24.2 Å². The van der Waals surface area contributed by atoms with Crippen LogP contribution in [0.5, 0.6) is 0 Å². The van der Waals surface area contributed by atoms with Crippen LogP contribution in [-0.2, 0) is 9.53 Å². The zero-order valence-electron chi connectivity index (χ0n) is 11.3. The average Bonchev–Trinajstić information content (AvgIpc) is 2.46. The second kappa shape index (κ2) is 7.06. The standard InChI is InChI=1S/C16H21ClO2/c1-19-15-4-2-3-13(11-15)16(9-10-18)12-5-7-14(17)8-6-12/h5-8,10,13,15-16H,2-4,9,11H2,1H3. The first-order chi connectivity index (χ1) is 9.24. The Morgan fingerprint density at radius 2 is 2.11 bits per heavy atom. The van der Waals surface area contributed by atoms with E-state index >= 15 is 0 Å². The molecule has 0 aromatic heterocycles. The summed E-state index contributed by atoms with van der Waals surface area (Å²) >= 11 is 5.94. The van der Waals surface area contributed by atoms with Gasteiger partial charge in [-0.3, -0.25) is 0 Å². The number of halogens is 1. The molecule has 0 bridgehead atoms. The maximum atomic E-state index is 11.0. The minimum absolute atomic E-state index is 0.299. The number of hydrogen-bond donors (Lipinski definition) is 0. The zero-order valence-corrected chi connectivity index (χ0v) is 12.1. The predicted molar refractivity (Wildman–Crippen MR) is 77.6 cm³/mol. The molecule has 0 amide bonds. The van der Waals surface area contributed by atoms with Crippen molar-refractivity contribution in [3.05, 3.63) is 34.9 Å². The number of carbonyl (C=O) groups is 1. The molecule has 0 spiro atoms. The summed E-state index contributed by atoms with van der Waals surface area (Å²) in [7, 11) is 1.78. The molecule has 0 radical (unpaired) electrons. The van der Waals surface area contributed by atoms with E-state index in [1.807, 2.05) is 24.3 Å². The van der Waals surface area contributed by atoms with E-state index in [1.54, 1.807) is 7.11 Å². The molecule has 1 fully saturated rings. The van der Waals surface area contributed by atoms with Crippen molar-refractivity contribution in [3.63, 3.8) is 0 Å². The van der Waals surface area contributed by atoms with Crippen molar-refractivity contribution in [2.75, 3.05) is 7.11 Å². The highest BCUT2D eigenvalue weighted by atomic mass is 35.5. The highest BCUT2D eigenvalue weighted by Crippen LogP contribution is 2.38. The summed E-state index contributed by atoms with van der Waals surface area (Å²) in [6.07, 6.45) is 6.53. The Hall–Kier alpha value is -0.860. The van der Waals surface area contributed by atoms with Crippen LogP contribution < -0.4 is 0 Å². The van der Waals surface area contributed by atoms with Crippen molar-refractivity contribution in [2.45, 2.75) is 44.1 Å². The molecular formula is C16H21ClO2. The van der Waals surface area contributed by atoms with Gasteiger partial charge in [0.05, 0.1) is 6.10 Å². The summed E-state index contributed by atoms with van der Waals surface area (Å²) in [6, 6.07) is 7.91. The maximum absolute atomic E-state index is 11.0. The first-order valence-electron chi connectivity index (χ1n) is 6.96. The lowest BCUT2D eigenvalue weighted by molar-refractivity contribution is -0.108. The molecular weight excluding hydrogens is 260 g/mol. The van der Waals surface area contributed by atoms with Crippen LogP contribution in [0, 0.1) is 5.92 Å². The van der Waals surface area contributed by atoms with E-state index in [1.165, 1.54) is 18.4 Å². The Kier molecular flexibility index (Phi) is 5.41. The van der Waals surface area contributed by atoms with Crippen LogP contribution in [0.3, 0.4) is 0 Å². The molecule has 1 aromatic carbocycles. The number of benzene rings is 1. The van der Waals surface area contributed by atoms with Crippen LogP contribution >= 0.6 is 11.6 Å². The van der Waals surface area contributed by atoms with Gasteiger partial charge in [0.1, 0.15) is 6.29 Å². The van der Waals surface area contributed by atoms with Gasteiger partial charge < -0.3 is 9.53 Å². The number of hydrogen-bond acceptors (Lipinski definition) is 2. The van der Waals surface area contributed by atoms with Gasteiger partial charge in [0.25, 0.3) is 0 Å². The van der Waals surface area contributed by atoms with Crippen LogP contribution in [0.4, 0.5) is 0 Å². The fraction of sp³-hybridized carbons (Fsp3) is 0.562. The molecule has 0 aliphatic heterocycles. The van der Waals surface area contributed by atoms with E-state index < -0.39 is 0 Å².